The van der Waals surface area contributed by atoms with Gasteiger partial charge >= 0.3 is 0 Å². The Morgan fingerprint density at radius 3 is 2.83 bits per heavy atom. The Labute approximate surface area is 135 Å². The molecule has 118 valence electrons. The van der Waals surface area contributed by atoms with Crippen molar-refractivity contribution < 1.29 is 9.18 Å². The third kappa shape index (κ3) is 4.07. The molecule has 2 aromatic rings. The van der Waals surface area contributed by atoms with Crippen molar-refractivity contribution in [3.63, 3.8) is 0 Å². The molecule has 0 aliphatic rings. The van der Waals surface area contributed by atoms with Crippen LogP contribution in [0.2, 0.25) is 0 Å². The molecule has 1 aromatic carbocycles. The number of rotatable bonds is 5. The maximum Gasteiger partial charge on any atom is 0.256 e. The molecule has 0 saturated carbocycles. The van der Waals surface area contributed by atoms with Crippen LogP contribution in [-0.2, 0) is 0 Å². The van der Waals surface area contributed by atoms with Crippen LogP contribution in [0.4, 0.5) is 15.9 Å². The molecule has 1 amide bonds. The van der Waals surface area contributed by atoms with Crippen molar-refractivity contribution in [3.8, 4) is 12.3 Å². The third-order valence-corrected chi connectivity index (χ3v) is 3.55. The Balaban J connectivity index is 2.27. The van der Waals surface area contributed by atoms with E-state index >= 15 is 0 Å². The lowest BCUT2D eigenvalue weighted by atomic mass is 9.99. The molecule has 1 unspecified atom stereocenters. The molecule has 4 nitrogen and oxygen atoms in total. The molecule has 2 rings (SSSR count). The number of halogens is 1. The second-order valence-electron chi connectivity index (χ2n) is 5.32. The zero-order valence-electron chi connectivity index (χ0n) is 13.1. The Morgan fingerprint density at radius 2 is 2.17 bits per heavy atom. The zero-order valence-corrected chi connectivity index (χ0v) is 13.1. The monoisotopic (exact) mass is 311 g/mol. The highest BCUT2D eigenvalue weighted by atomic mass is 19.1. The lowest BCUT2D eigenvalue weighted by Crippen LogP contribution is -2.44. The second-order valence-corrected chi connectivity index (χ2v) is 5.32. The van der Waals surface area contributed by atoms with Crippen LogP contribution in [0.25, 0.3) is 0 Å². The van der Waals surface area contributed by atoms with Gasteiger partial charge in [-0.3, -0.25) is 4.79 Å². The molecule has 0 bridgehead atoms. The van der Waals surface area contributed by atoms with Crippen LogP contribution in [0.15, 0.2) is 42.6 Å². The number of nitrogens with one attached hydrogen (secondary N) is 2. The molecule has 2 N–H and O–H groups in total. The quantitative estimate of drug-likeness (QED) is 0.831. The fraction of sp³-hybridized carbons (Fsp3) is 0.222. The summed E-state index contributed by atoms with van der Waals surface area (Å²) in [4.78, 5) is 16.7. The van der Waals surface area contributed by atoms with E-state index in [1.54, 1.807) is 37.4 Å². The van der Waals surface area contributed by atoms with Crippen LogP contribution in [0.1, 0.15) is 30.6 Å². The van der Waals surface area contributed by atoms with Gasteiger partial charge in [0.2, 0.25) is 0 Å². The molecular weight excluding hydrogens is 293 g/mol. The Kier molecular flexibility index (Phi) is 4.97. The number of benzene rings is 1. The molecule has 1 aromatic heterocycles. The number of carbonyl (C=O) groups is 1. The van der Waals surface area contributed by atoms with Crippen molar-refractivity contribution in [3.05, 3.63) is 54.0 Å². The molecule has 1 atom stereocenters. The number of terminal acetylenes is 1. The fourth-order valence-electron chi connectivity index (χ4n) is 1.94. The number of amides is 1. The predicted molar refractivity (Wildman–Crippen MR) is 88.9 cm³/mol. The molecule has 0 fully saturated rings. The van der Waals surface area contributed by atoms with Gasteiger partial charge in [0.05, 0.1) is 11.1 Å². The van der Waals surface area contributed by atoms with Gasteiger partial charge in [-0.2, -0.15) is 0 Å². The molecule has 0 aliphatic carbocycles. The van der Waals surface area contributed by atoms with E-state index in [1.165, 1.54) is 12.1 Å². The average Bonchev–Trinajstić information content (AvgIpc) is 2.55. The van der Waals surface area contributed by atoms with Crippen LogP contribution in [0.3, 0.4) is 0 Å². The van der Waals surface area contributed by atoms with E-state index in [1.807, 2.05) is 6.92 Å². The average molecular weight is 311 g/mol. The van der Waals surface area contributed by atoms with Crippen molar-refractivity contribution >= 4 is 17.4 Å². The van der Waals surface area contributed by atoms with Gasteiger partial charge in [-0.25, -0.2) is 9.37 Å². The highest BCUT2D eigenvalue weighted by Gasteiger charge is 2.23. The van der Waals surface area contributed by atoms with Gasteiger partial charge in [0.1, 0.15) is 11.6 Å². The van der Waals surface area contributed by atoms with E-state index in [0.717, 1.165) is 0 Å². The number of aromatic nitrogens is 1. The lowest BCUT2D eigenvalue weighted by molar-refractivity contribution is 0.0924. The molecular formula is C18H18FN3O. The van der Waals surface area contributed by atoms with Gasteiger partial charge in [0, 0.05) is 11.9 Å². The van der Waals surface area contributed by atoms with Crippen molar-refractivity contribution in [2.24, 2.45) is 0 Å². The lowest BCUT2D eigenvalue weighted by Gasteiger charge is -2.24. The van der Waals surface area contributed by atoms with Gasteiger partial charge in [-0.15, -0.1) is 6.42 Å². The first-order valence-electron chi connectivity index (χ1n) is 7.25. The highest BCUT2D eigenvalue weighted by Crippen LogP contribution is 2.20. The number of anilines is 2. The summed E-state index contributed by atoms with van der Waals surface area (Å²) in [6.45, 7) is 3.68. The number of nitrogens with zero attached hydrogens (tertiary/aromatic N) is 1. The molecule has 1 heterocycles. The van der Waals surface area contributed by atoms with Gasteiger partial charge in [-0.1, -0.05) is 18.9 Å². The largest absolute Gasteiger partial charge is 0.339 e. The molecule has 5 heteroatoms. The van der Waals surface area contributed by atoms with Crippen LogP contribution in [0.5, 0.6) is 0 Å². The molecule has 0 saturated heterocycles. The second kappa shape index (κ2) is 6.93. The zero-order chi connectivity index (χ0) is 16.9. The Hall–Kier alpha value is -2.87. The van der Waals surface area contributed by atoms with E-state index in [0.29, 0.717) is 23.5 Å². The van der Waals surface area contributed by atoms with Crippen molar-refractivity contribution in [1.29, 1.82) is 0 Å². The first kappa shape index (κ1) is 16.5. The van der Waals surface area contributed by atoms with E-state index in [2.05, 4.69) is 21.5 Å². The highest BCUT2D eigenvalue weighted by molar-refractivity contribution is 5.99. The number of pyridine rings is 1. The van der Waals surface area contributed by atoms with Crippen LogP contribution >= 0.6 is 0 Å². The van der Waals surface area contributed by atoms with E-state index < -0.39 is 5.54 Å². The summed E-state index contributed by atoms with van der Waals surface area (Å²) in [5.41, 5.74) is 0.114. The van der Waals surface area contributed by atoms with Crippen LogP contribution < -0.4 is 10.6 Å². The summed E-state index contributed by atoms with van der Waals surface area (Å²) in [6.07, 6.45) is 7.64. The van der Waals surface area contributed by atoms with Crippen LogP contribution in [-0.4, -0.2) is 16.4 Å². The minimum atomic E-state index is -0.733. The minimum Gasteiger partial charge on any atom is -0.339 e. The van der Waals surface area contributed by atoms with Gasteiger partial charge in [-0.05, 0) is 43.7 Å². The molecule has 0 spiro atoms. The van der Waals surface area contributed by atoms with E-state index in [-0.39, 0.29) is 11.7 Å². The first-order valence-corrected chi connectivity index (χ1v) is 7.25. The van der Waals surface area contributed by atoms with Gasteiger partial charge in [0.25, 0.3) is 5.91 Å². The summed E-state index contributed by atoms with van der Waals surface area (Å²) < 4.78 is 13.3. The van der Waals surface area contributed by atoms with Crippen LogP contribution in [0, 0.1) is 18.2 Å². The van der Waals surface area contributed by atoms with E-state index in [4.69, 9.17) is 6.42 Å². The van der Waals surface area contributed by atoms with Gasteiger partial charge in [0.15, 0.2) is 0 Å². The Morgan fingerprint density at radius 1 is 1.39 bits per heavy atom. The fourth-order valence-corrected chi connectivity index (χ4v) is 1.94. The normalized spacial score (nSPS) is 12.8. The summed E-state index contributed by atoms with van der Waals surface area (Å²) in [5, 5.41) is 5.77. The molecule has 0 aliphatic heterocycles. The topological polar surface area (TPSA) is 54.0 Å². The summed E-state index contributed by atoms with van der Waals surface area (Å²) in [5.74, 6) is 2.22. The van der Waals surface area contributed by atoms with E-state index in [9.17, 15) is 9.18 Å². The summed E-state index contributed by atoms with van der Waals surface area (Å²) in [6, 6.07) is 9.23. The maximum atomic E-state index is 13.3. The predicted octanol–water partition coefficient (Wildman–Crippen LogP) is 3.50. The molecule has 23 heavy (non-hydrogen) atoms. The van der Waals surface area contributed by atoms with Gasteiger partial charge < -0.3 is 10.6 Å². The Bertz CT molecular complexity index is 754. The third-order valence-electron chi connectivity index (χ3n) is 3.55. The van der Waals surface area contributed by atoms with Crippen molar-refractivity contribution in [2.45, 2.75) is 25.8 Å². The maximum absolute atomic E-state index is 13.3. The number of carbonyl (C=O) groups excluding carboxylic acids is 1. The SMILES string of the molecule is C#CC(C)(CC)NC(=O)c1cccnc1Nc1cccc(F)c1. The number of hydrogen-bond donors (Lipinski definition) is 2. The van der Waals surface area contributed by atoms with Crippen molar-refractivity contribution in [2.75, 3.05) is 5.32 Å². The summed E-state index contributed by atoms with van der Waals surface area (Å²) >= 11 is 0. The standard InChI is InChI=1S/C18H18FN3O/c1-4-18(3,5-2)22-17(23)15-10-7-11-20-16(15)21-14-9-6-8-13(19)12-14/h1,6-12H,5H2,2-3H3,(H,20,21)(H,22,23). The first-order chi connectivity index (χ1) is 11.0. The minimum absolute atomic E-state index is 0.334. The smallest absolute Gasteiger partial charge is 0.256 e. The van der Waals surface area contributed by atoms with Crippen molar-refractivity contribution in [1.82, 2.24) is 10.3 Å². The molecule has 0 radical (unpaired) electrons. The summed E-state index contributed by atoms with van der Waals surface area (Å²) in [7, 11) is 0. The number of hydrogen-bond acceptors (Lipinski definition) is 3.